The molecule has 2 N–H and O–H groups in total. The molecule has 0 fully saturated rings. The van der Waals surface area contributed by atoms with Crippen molar-refractivity contribution in [2.75, 3.05) is 37.9 Å². The standard InChI is InChI=1S/C18H20N2O4/c1-19-15-7-3-5-13(11-15)17(21)23-9-10-24-18(22)14-6-4-8-16(12-14)20-2/h3-8,11-12,19-20H,9-10H2,1-2H3. The Morgan fingerprint density at radius 1 is 0.792 bits per heavy atom. The smallest absolute Gasteiger partial charge is 0.338 e. The summed E-state index contributed by atoms with van der Waals surface area (Å²) in [4.78, 5) is 23.8. The van der Waals surface area contributed by atoms with Crippen molar-refractivity contribution in [3.63, 3.8) is 0 Å². The fraction of sp³-hybridized carbons (Fsp3) is 0.222. The number of esters is 2. The molecule has 0 saturated carbocycles. The number of benzene rings is 2. The zero-order valence-electron chi connectivity index (χ0n) is 13.7. The van der Waals surface area contributed by atoms with Crippen molar-refractivity contribution in [1.29, 1.82) is 0 Å². The summed E-state index contributed by atoms with van der Waals surface area (Å²) in [5, 5.41) is 5.90. The molecule has 0 unspecified atom stereocenters. The monoisotopic (exact) mass is 328 g/mol. The molecule has 0 bridgehead atoms. The van der Waals surface area contributed by atoms with E-state index in [-0.39, 0.29) is 13.2 Å². The third kappa shape index (κ3) is 4.74. The molecule has 0 atom stereocenters. The average Bonchev–Trinajstić information content (AvgIpc) is 2.64. The van der Waals surface area contributed by atoms with E-state index in [1.807, 2.05) is 12.1 Å². The van der Waals surface area contributed by atoms with Crippen LogP contribution in [0.5, 0.6) is 0 Å². The highest BCUT2D eigenvalue weighted by Gasteiger charge is 2.10. The molecule has 0 amide bonds. The molecule has 6 nitrogen and oxygen atoms in total. The van der Waals surface area contributed by atoms with Gasteiger partial charge in [-0.3, -0.25) is 0 Å². The molecule has 0 spiro atoms. The van der Waals surface area contributed by atoms with Crippen molar-refractivity contribution in [3.8, 4) is 0 Å². The van der Waals surface area contributed by atoms with E-state index in [2.05, 4.69) is 10.6 Å². The van der Waals surface area contributed by atoms with Gasteiger partial charge in [-0.2, -0.15) is 0 Å². The minimum absolute atomic E-state index is 0.0000724. The quantitative estimate of drug-likeness (QED) is 0.601. The third-order valence-corrected chi connectivity index (χ3v) is 3.32. The summed E-state index contributed by atoms with van der Waals surface area (Å²) >= 11 is 0. The fourth-order valence-electron chi connectivity index (χ4n) is 2.04. The zero-order valence-corrected chi connectivity index (χ0v) is 13.7. The number of hydrogen-bond acceptors (Lipinski definition) is 6. The van der Waals surface area contributed by atoms with E-state index in [9.17, 15) is 9.59 Å². The Bertz CT molecular complexity index is 654. The Balaban J connectivity index is 1.79. The number of carbonyl (C=O) groups excluding carboxylic acids is 2. The molecule has 2 aromatic rings. The minimum Gasteiger partial charge on any atom is -0.458 e. The second kappa shape index (κ2) is 8.57. The van der Waals surface area contributed by atoms with Gasteiger partial charge in [0.1, 0.15) is 13.2 Å². The molecule has 0 aliphatic carbocycles. The Kier molecular flexibility index (Phi) is 6.19. The lowest BCUT2D eigenvalue weighted by atomic mass is 10.2. The average molecular weight is 328 g/mol. The van der Waals surface area contributed by atoms with E-state index in [0.717, 1.165) is 11.4 Å². The molecular weight excluding hydrogens is 308 g/mol. The Morgan fingerprint density at radius 3 is 1.58 bits per heavy atom. The molecule has 24 heavy (non-hydrogen) atoms. The van der Waals surface area contributed by atoms with Gasteiger partial charge in [0.2, 0.25) is 0 Å². The van der Waals surface area contributed by atoms with Crippen LogP contribution >= 0.6 is 0 Å². The molecule has 2 rings (SSSR count). The summed E-state index contributed by atoms with van der Waals surface area (Å²) in [6, 6.07) is 13.9. The highest BCUT2D eigenvalue weighted by molar-refractivity contribution is 5.91. The predicted octanol–water partition coefficient (Wildman–Crippen LogP) is 2.78. The fourth-order valence-corrected chi connectivity index (χ4v) is 2.04. The number of hydrogen-bond donors (Lipinski definition) is 2. The van der Waals surface area contributed by atoms with Gasteiger partial charge in [-0.05, 0) is 36.4 Å². The van der Waals surface area contributed by atoms with Crippen molar-refractivity contribution in [1.82, 2.24) is 0 Å². The molecule has 0 saturated heterocycles. The maximum atomic E-state index is 11.9. The van der Waals surface area contributed by atoms with Gasteiger partial charge in [0, 0.05) is 25.5 Å². The van der Waals surface area contributed by atoms with Crippen LogP contribution in [0.2, 0.25) is 0 Å². The van der Waals surface area contributed by atoms with Crippen LogP contribution in [0.3, 0.4) is 0 Å². The Morgan fingerprint density at radius 2 is 1.21 bits per heavy atom. The van der Waals surface area contributed by atoms with Crippen LogP contribution in [-0.4, -0.2) is 39.2 Å². The molecule has 0 aliphatic rings. The van der Waals surface area contributed by atoms with E-state index < -0.39 is 11.9 Å². The Labute approximate surface area is 140 Å². The number of carbonyl (C=O) groups is 2. The van der Waals surface area contributed by atoms with E-state index in [0.29, 0.717) is 11.1 Å². The van der Waals surface area contributed by atoms with Gasteiger partial charge in [-0.1, -0.05) is 12.1 Å². The van der Waals surface area contributed by atoms with E-state index >= 15 is 0 Å². The van der Waals surface area contributed by atoms with Crippen molar-refractivity contribution >= 4 is 23.3 Å². The zero-order chi connectivity index (χ0) is 17.4. The van der Waals surface area contributed by atoms with Gasteiger partial charge in [0.05, 0.1) is 11.1 Å². The van der Waals surface area contributed by atoms with Crippen LogP contribution in [0, 0.1) is 0 Å². The summed E-state index contributed by atoms with van der Waals surface area (Å²) < 4.78 is 10.2. The first-order chi connectivity index (χ1) is 11.6. The SMILES string of the molecule is CNc1cccc(C(=O)OCCOC(=O)c2cccc(NC)c2)c1. The minimum atomic E-state index is -0.458. The van der Waals surface area contributed by atoms with Crippen molar-refractivity contribution in [2.45, 2.75) is 0 Å². The van der Waals surface area contributed by atoms with E-state index in [4.69, 9.17) is 9.47 Å². The van der Waals surface area contributed by atoms with Gasteiger partial charge in [-0.25, -0.2) is 9.59 Å². The second-order valence-corrected chi connectivity index (χ2v) is 4.93. The topological polar surface area (TPSA) is 76.7 Å². The summed E-state index contributed by atoms with van der Waals surface area (Å²) in [6.07, 6.45) is 0. The van der Waals surface area contributed by atoms with Crippen LogP contribution < -0.4 is 10.6 Å². The van der Waals surface area contributed by atoms with E-state index in [1.165, 1.54) is 0 Å². The maximum absolute atomic E-state index is 11.9. The van der Waals surface area contributed by atoms with Gasteiger partial charge in [-0.15, -0.1) is 0 Å². The first-order valence-corrected chi connectivity index (χ1v) is 7.54. The van der Waals surface area contributed by atoms with Crippen molar-refractivity contribution < 1.29 is 19.1 Å². The lowest BCUT2D eigenvalue weighted by Gasteiger charge is -2.08. The predicted molar refractivity (Wildman–Crippen MR) is 92.5 cm³/mol. The van der Waals surface area contributed by atoms with Crippen LogP contribution in [0.4, 0.5) is 11.4 Å². The first kappa shape index (κ1) is 17.3. The molecule has 0 aliphatic heterocycles. The highest BCUT2D eigenvalue weighted by Crippen LogP contribution is 2.12. The number of anilines is 2. The number of nitrogens with one attached hydrogen (secondary N) is 2. The largest absolute Gasteiger partial charge is 0.458 e. The van der Waals surface area contributed by atoms with Crippen LogP contribution in [-0.2, 0) is 9.47 Å². The van der Waals surface area contributed by atoms with Crippen LogP contribution in [0.15, 0.2) is 48.5 Å². The van der Waals surface area contributed by atoms with Crippen LogP contribution in [0.25, 0.3) is 0 Å². The molecule has 2 aromatic carbocycles. The molecule has 6 heteroatoms. The third-order valence-electron chi connectivity index (χ3n) is 3.32. The summed E-state index contributed by atoms with van der Waals surface area (Å²) in [6.45, 7) is 0.000145. The Hall–Kier alpha value is -3.02. The second-order valence-electron chi connectivity index (χ2n) is 4.93. The van der Waals surface area contributed by atoms with Gasteiger partial charge >= 0.3 is 11.9 Å². The van der Waals surface area contributed by atoms with Crippen molar-refractivity contribution in [2.24, 2.45) is 0 Å². The van der Waals surface area contributed by atoms with E-state index in [1.54, 1.807) is 50.5 Å². The molecule has 126 valence electrons. The molecule has 0 aromatic heterocycles. The first-order valence-electron chi connectivity index (χ1n) is 7.54. The highest BCUT2D eigenvalue weighted by atomic mass is 16.6. The lowest BCUT2D eigenvalue weighted by molar-refractivity contribution is 0.0266. The summed E-state index contributed by atoms with van der Waals surface area (Å²) in [5.74, 6) is -0.916. The lowest BCUT2D eigenvalue weighted by Crippen LogP contribution is -2.14. The molecular formula is C18H20N2O4. The van der Waals surface area contributed by atoms with Gasteiger partial charge < -0.3 is 20.1 Å². The molecule has 0 radical (unpaired) electrons. The summed E-state index contributed by atoms with van der Waals surface area (Å²) in [5.41, 5.74) is 2.52. The van der Waals surface area contributed by atoms with Gasteiger partial charge in [0.15, 0.2) is 0 Å². The normalized spacial score (nSPS) is 9.92. The van der Waals surface area contributed by atoms with Crippen molar-refractivity contribution in [3.05, 3.63) is 59.7 Å². The molecule has 0 heterocycles. The van der Waals surface area contributed by atoms with Crippen LogP contribution in [0.1, 0.15) is 20.7 Å². The number of rotatable bonds is 7. The maximum Gasteiger partial charge on any atom is 0.338 e. The number of ether oxygens (including phenoxy) is 2. The summed E-state index contributed by atoms with van der Waals surface area (Å²) in [7, 11) is 3.54. The van der Waals surface area contributed by atoms with Gasteiger partial charge in [0.25, 0.3) is 0 Å².